The molecule has 4 nitrogen and oxygen atoms in total. The Morgan fingerprint density at radius 1 is 1.04 bits per heavy atom. The van der Waals surface area contributed by atoms with Crippen LogP contribution in [-0.4, -0.2) is 61.5 Å². The minimum Gasteiger partial charge on any atom is -0.368 e. The number of nitrogens with zero attached hydrogens (tertiary/aromatic N) is 3. The monoisotopic (exact) mass is 339 g/mol. The lowest BCUT2D eigenvalue weighted by atomic mass is 10.1. The molecule has 6 heteroatoms. The van der Waals surface area contributed by atoms with Crippen LogP contribution in [0.2, 0.25) is 5.02 Å². The zero-order chi connectivity index (χ0) is 16.2. The normalized spacial score (nSPS) is 19.9. The Labute approximate surface area is 141 Å². The van der Waals surface area contributed by atoms with Crippen LogP contribution >= 0.6 is 11.6 Å². The van der Waals surface area contributed by atoms with Gasteiger partial charge in [0.15, 0.2) is 0 Å². The van der Waals surface area contributed by atoms with Gasteiger partial charge in [0.1, 0.15) is 5.82 Å². The van der Waals surface area contributed by atoms with E-state index in [-0.39, 0.29) is 11.7 Å². The first-order chi connectivity index (χ1) is 11.1. The Kier molecular flexibility index (Phi) is 5.38. The van der Waals surface area contributed by atoms with Crippen molar-refractivity contribution < 1.29 is 9.18 Å². The van der Waals surface area contributed by atoms with Gasteiger partial charge >= 0.3 is 0 Å². The molecule has 0 N–H and O–H groups in total. The van der Waals surface area contributed by atoms with Crippen LogP contribution in [0.5, 0.6) is 0 Å². The average molecular weight is 340 g/mol. The summed E-state index contributed by atoms with van der Waals surface area (Å²) in [6, 6.07) is 4.52. The van der Waals surface area contributed by atoms with Crippen molar-refractivity contribution >= 4 is 23.2 Å². The van der Waals surface area contributed by atoms with Crippen LogP contribution in [0.25, 0.3) is 0 Å². The lowest BCUT2D eigenvalue weighted by Gasteiger charge is -2.37. The number of anilines is 1. The standard InChI is InChI=1S/C17H23ClFN3O/c18-15-12-14(19)4-5-16(15)21-10-8-20(9-11-21)13-17(23)22-6-2-1-3-7-22/h4-5,12H,1-3,6-11,13H2. The number of piperazine rings is 1. The van der Waals surface area contributed by atoms with Crippen LogP contribution in [0.1, 0.15) is 19.3 Å². The zero-order valence-corrected chi connectivity index (χ0v) is 14.1. The first-order valence-corrected chi connectivity index (χ1v) is 8.71. The van der Waals surface area contributed by atoms with E-state index in [2.05, 4.69) is 9.80 Å². The molecule has 2 aliphatic heterocycles. The molecule has 1 amide bonds. The van der Waals surface area contributed by atoms with E-state index in [4.69, 9.17) is 11.6 Å². The predicted molar refractivity (Wildman–Crippen MR) is 90.5 cm³/mol. The second-order valence-electron chi connectivity index (χ2n) is 6.30. The quantitative estimate of drug-likeness (QED) is 0.847. The van der Waals surface area contributed by atoms with Crippen LogP contribution in [0.15, 0.2) is 18.2 Å². The van der Waals surface area contributed by atoms with Gasteiger partial charge < -0.3 is 9.80 Å². The number of likely N-dealkylation sites (tertiary alicyclic amines) is 1. The summed E-state index contributed by atoms with van der Waals surface area (Å²) in [6.07, 6.45) is 3.49. The molecule has 0 aromatic heterocycles. The van der Waals surface area contributed by atoms with Crippen molar-refractivity contribution in [2.75, 3.05) is 50.7 Å². The number of piperidine rings is 1. The molecule has 2 heterocycles. The third-order valence-electron chi connectivity index (χ3n) is 4.69. The lowest BCUT2D eigenvalue weighted by Crippen LogP contribution is -2.50. The molecule has 1 aromatic carbocycles. The van der Waals surface area contributed by atoms with Crippen molar-refractivity contribution in [3.8, 4) is 0 Å². The molecule has 23 heavy (non-hydrogen) atoms. The van der Waals surface area contributed by atoms with Crippen LogP contribution < -0.4 is 4.90 Å². The molecule has 0 aliphatic carbocycles. The molecule has 0 spiro atoms. The maximum Gasteiger partial charge on any atom is 0.236 e. The summed E-state index contributed by atoms with van der Waals surface area (Å²) < 4.78 is 13.1. The van der Waals surface area contributed by atoms with Gasteiger partial charge in [-0.1, -0.05) is 11.6 Å². The number of amides is 1. The van der Waals surface area contributed by atoms with E-state index in [0.717, 1.165) is 57.8 Å². The van der Waals surface area contributed by atoms with Gasteiger partial charge in [0.25, 0.3) is 0 Å². The van der Waals surface area contributed by atoms with E-state index in [9.17, 15) is 9.18 Å². The Hall–Kier alpha value is -1.33. The minimum atomic E-state index is -0.315. The number of rotatable bonds is 3. The number of halogens is 2. The van der Waals surface area contributed by atoms with Crippen LogP contribution in [0, 0.1) is 5.82 Å². The Bertz CT molecular complexity index is 555. The van der Waals surface area contributed by atoms with Crippen LogP contribution in [0.3, 0.4) is 0 Å². The average Bonchev–Trinajstić information content (AvgIpc) is 2.57. The van der Waals surface area contributed by atoms with Crippen molar-refractivity contribution in [3.63, 3.8) is 0 Å². The minimum absolute atomic E-state index is 0.248. The van der Waals surface area contributed by atoms with Crippen LogP contribution in [0.4, 0.5) is 10.1 Å². The molecule has 0 radical (unpaired) electrons. The summed E-state index contributed by atoms with van der Waals surface area (Å²) in [5.41, 5.74) is 0.870. The van der Waals surface area contributed by atoms with Gasteiger partial charge in [-0.2, -0.15) is 0 Å². The summed E-state index contributed by atoms with van der Waals surface area (Å²) in [5, 5.41) is 0.447. The summed E-state index contributed by atoms with van der Waals surface area (Å²) in [5.74, 6) is -0.0671. The largest absolute Gasteiger partial charge is 0.368 e. The molecule has 2 saturated heterocycles. The SMILES string of the molecule is O=C(CN1CCN(c2ccc(F)cc2Cl)CC1)N1CCCCC1. The highest BCUT2D eigenvalue weighted by Gasteiger charge is 2.23. The highest BCUT2D eigenvalue weighted by atomic mass is 35.5. The number of carbonyl (C=O) groups is 1. The number of benzene rings is 1. The molecule has 2 aliphatic rings. The Morgan fingerprint density at radius 2 is 1.74 bits per heavy atom. The van der Waals surface area contributed by atoms with E-state index < -0.39 is 0 Å². The van der Waals surface area contributed by atoms with Gasteiger partial charge in [-0.15, -0.1) is 0 Å². The summed E-state index contributed by atoms with van der Waals surface area (Å²) in [6.45, 7) is 5.58. The number of carbonyl (C=O) groups excluding carboxylic acids is 1. The Morgan fingerprint density at radius 3 is 2.39 bits per heavy atom. The van der Waals surface area contributed by atoms with Crippen molar-refractivity contribution in [2.24, 2.45) is 0 Å². The second-order valence-corrected chi connectivity index (χ2v) is 6.71. The van der Waals surface area contributed by atoms with Gasteiger partial charge in [0, 0.05) is 39.3 Å². The van der Waals surface area contributed by atoms with Gasteiger partial charge in [-0.05, 0) is 37.5 Å². The molecule has 0 unspecified atom stereocenters. The molecule has 1 aromatic rings. The second kappa shape index (κ2) is 7.49. The number of hydrogen-bond donors (Lipinski definition) is 0. The van der Waals surface area contributed by atoms with Crippen molar-refractivity contribution in [3.05, 3.63) is 29.0 Å². The summed E-state index contributed by atoms with van der Waals surface area (Å²) >= 11 is 6.13. The van der Waals surface area contributed by atoms with Gasteiger partial charge in [0.2, 0.25) is 5.91 Å². The third-order valence-corrected chi connectivity index (χ3v) is 4.99. The fraction of sp³-hybridized carbons (Fsp3) is 0.588. The molecule has 0 saturated carbocycles. The fourth-order valence-electron chi connectivity index (χ4n) is 3.32. The topological polar surface area (TPSA) is 26.8 Å². The van der Waals surface area contributed by atoms with E-state index in [1.807, 2.05) is 4.90 Å². The van der Waals surface area contributed by atoms with Crippen molar-refractivity contribution in [2.45, 2.75) is 19.3 Å². The van der Waals surface area contributed by atoms with Gasteiger partial charge in [-0.25, -0.2) is 4.39 Å². The highest BCUT2D eigenvalue weighted by Crippen LogP contribution is 2.27. The van der Waals surface area contributed by atoms with E-state index in [1.165, 1.54) is 18.6 Å². The van der Waals surface area contributed by atoms with Gasteiger partial charge in [-0.3, -0.25) is 9.69 Å². The predicted octanol–water partition coefficient (Wildman–Crippen LogP) is 2.61. The Balaban J connectivity index is 1.51. The molecule has 2 fully saturated rings. The van der Waals surface area contributed by atoms with Crippen molar-refractivity contribution in [1.82, 2.24) is 9.80 Å². The molecule has 0 bridgehead atoms. The number of hydrogen-bond acceptors (Lipinski definition) is 3. The summed E-state index contributed by atoms with van der Waals surface area (Å²) in [4.78, 5) is 18.7. The highest BCUT2D eigenvalue weighted by molar-refractivity contribution is 6.33. The van der Waals surface area contributed by atoms with E-state index in [0.29, 0.717) is 11.6 Å². The third kappa shape index (κ3) is 4.15. The lowest BCUT2D eigenvalue weighted by molar-refractivity contribution is -0.133. The maximum absolute atomic E-state index is 13.1. The molecule has 126 valence electrons. The fourth-order valence-corrected chi connectivity index (χ4v) is 3.61. The van der Waals surface area contributed by atoms with E-state index >= 15 is 0 Å². The van der Waals surface area contributed by atoms with Crippen LogP contribution in [-0.2, 0) is 4.79 Å². The van der Waals surface area contributed by atoms with E-state index in [1.54, 1.807) is 6.07 Å². The molecule has 0 atom stereocenters. The summed E-state index contributed by atoms with van der Waals surface area (Å²) in [7, 11) is 0. The van der Waals surface area contributed by atoms with Gasteiger partial charge in [0.05, 0.1) is 17.3 Å². The molecule has 3 rings (SSSR count). The van der Waals surface area contributed by atoms with Crippen molar-refractivity contribution in [1.29, 1.82) is 0 Å². The maximum atomic E-state index is 13.1. The first-order valence-electron chi connectivity index (χ1n) is 8.33. The zero-order valence-electron chi connectivity index (χ0n) is 13.3. The smallest absolute Gasteiger partial charge is 0.236 e. The molecular weight excluding hydrogens is 317 g/mol. The molecular formula is C17H23ClFN3O. The first kappa shape index (κ1) is 16.5.